The van der Waals surface area contributed by atoms with Gasteiger partial charge >= 0.3 is 11.7 Å². The third-order valence-electron chi connectivity index (χ3n) is 3.97. The number of anilines is 4. The third kappa shape index (κ3) is 5.28. The number of nitrogens with zero attached hydrogens (tertiary/aromatic N) is 3. The van der Waals surface area contributed by atoms with Gasteiger partial charge in [0, 0.05) is 11.4 Å². The van der Waals surface area contributed by atoms with Crippen LogP contribution in [0.2, 0.25) is 0 Å². The van der Waals surface area contributed by atoms with Crippen molar-refractivity contribution in [3.63, 3.8) is 0 Å². The Bertz CT molecular complexity index is 1020. The number of carbonyl (C=O) groups is 1. The average molecular weight is 407 g/mol. The van der Waals surface area contributed by atoms with Gasteiger partial charge in [0.15, 0.2) is 0 Å². The molecule has 0 unspecified atom stereocenters. The molecule has 9 heteroatoms. The van der Waals surface area contributed by atoms with Gasteiger partial charge in [-0.15, -0.1) is 0 Å². The fraction of sp³-hybridized carbons (Fsp3) is 0.190. The highest BCUT2D eigenvalue weighted by molar-refractivity contribution is 5.90. The van der Waals surface area contributed by atoms with Crippen molar-refractivity contribution in [3.05, 3.63) is 76.6 Å². The summed E-state index contributed by atoms with van der Waals surface area (Å²) in [5.41, 5.74) is 1.30. The first-order chi connectivity index (χ1) is 14.4. The van der Waals surface area contributed by atoms with Crippen LogP contribution in [-0.4, -0.2) is 27.5 Å². The van der Waals surface area contributed by atoms with E-state index in [0.29, 0.717) is 23.5 Å². The van der Waals surface area contributed by atoms with Gasteiger partial charge < -0.3 is 15.4 Å². The summed E-state index contributed by atoms with van der Waals surface area (Å²) in [6.07, 6.45) is 1.23. The van der Waals surface area contributed by atoms with E-state index in [1.807, 2.05) is 32.0 Å². The molecule has 154 valence electrons. The Morgan fingerprint density at radius 3 is 2.10 bits per heavy atom. The number of nitro groups is 1. The first kappa shape index (κ1) is 20.7. The lowest BCUT2D eigenvalue weighted by Crippen LogP contribution is -2.10. The summed E-state index contributed by atoms with van der Waals surface area (Å²) in [5.74, 6) is -0.0781. The van der Waals surface area contributed by atoms with Crippen molar-refractivity contribution in [2.45, 2.75) is 13.8 Å². The minimum Gasteiger partial charge on any atom is -0.462 e. The molecule has 9 nitrogen and oxygen atoms in total. The zero-order valence-electron chi connectivity index (χ0n) is 16.5. The fourth-order valence-corrected chi connectivity index (χ4v) is 2.54. The molecule has 3 rings (SSSR count). The van der Waals surface area contributed by atoms with Crippen molar-refractivity contribution in [1.29, 1.82) is 0 Å². The highest BCUT2D eigenvalue weighted by Crippen LogP contribution is 2.32. The van der Waals surface area contributed by atoms with Gasteiger partial charge in [-0.25, -0.2) is 14.8 Å². The summed E-state index contributed by atoms with van der Waals surface area (Å²) in [6, 6.07) is 15.4. The van der Waals surface area contributed by atoms with Gasteiger partial charge in [-0.1, -0.05) is 32.0 Å². The average Bonchev–Trinajstić information content (AvgIpc) is 2.73. The maximum Gasteiger partial charge on any atom is 0.353 e. The molecule has 30 heavy (non-hydrogen) atoms. The molecule has 2 aromatic carbocycles. The van der Waals surface area contributed by atoms with Crippen LogP contribution in [0, 0.1) is 16.0 Å². The van der Waals surface area contributed by atoms with E-state index in [-0.39, 0.29) is 23.2 Å². The van der Waals surface area contributed by atoms with E-state index in [1.54, 1.807) is 36.4 Å². The number of nitrogens with one attached hydrogen (secondary N) is 2. The van der Waals surface area contributed by atoms with Gasteiger partial charge in [-0.2, -0.15) is 0 Å². The van der Waals surface area contributed by atoms with Crippen molar-refractivity contribution >= 4 is 34.7 Å². The second-order valence-corrected chi connectivity index (χ2v) is 6.86. The Hall–Kier alpha value is -4.01. The van der Waals surface area contributed by atoms with Crippen molar-refractivity contribution in [1.82, 2.24) is 9.97 Å². The summed E-state index contributed by atoms with van der Waals surface area (Å²) in [4.78, 5) is 31.2. The summed E-state index contributed by atoms with van der Waals surface area (Å²) in [7, 11) is 0. The molecule has 0 spiro atoms. The van der Waals surface area contributed by atoms with Gasteiger partial charge in [-0.05, 0) is 42.3 Å². The SMILES string of the molecule is CC(C)COC(=O)c1ccc(Nc2ncnc(Nc3ccccc3)c2[N+](=O)[O-])cc1. The number of ether oxygens (including phenoxy) is 1. The van der Waals surface area contributed by atoms with E-state index in [4.69, 9.17) is 4.74 Å². The van der Waals surface area contributed by atoms with E-state index in [2.05, 4.69) is 20.6 Å². The van der Waals surface area contributed by atoms with Gasteiger partial charge in [-0.3, -0.25) is 10.1 Å². The third-order valence-corrected chi connectivity index (χ3v) is 3.97. The maximum atomic E-state index is 12.0. The van der Waals surface area contributed by atoms with Crippen LogP contribution in [0.1, 0.15) is 24.2 Å². The number of esters is 1. The molecule has 2 N–H and O–H groups in total. The number of hydrogen-bond acceptors (Lipinski definition) is 8. The molecule has 0 amide bonds. The van der Waals surface area contributed by atoms with Crippen LogP contribution in [0.3, 0.4) is 0 Å². The molecule has 0 radical (unpaired) electrons. The molecule has 0 aliphatic rings. The van der Waals surface area contributed by atoms with E-state index in [1.165, 1.54) is 6.33 Å². The molecule has 1 heterocycles. The lowest BCUT2D eigenvalue weighted by Gasteiger charge is -2.11. The monoisotopic (exact) mass is 407 g/mol. The molecule has 0 atom stereocenters. The summed E-state index contributed by atoms with van der Waals surface area (Å²) in [6.45, 7) is 4.24. The number of hydrogen-bond donors (Lipinski definition) is 2. The lowest BCUT2D eigenvalue weighted by atomic mass is 10.2. The van der Waals surface area contributed by atoms with E-state index >= 15 is 0 Å². The van der Waals surface area contributed by atoms with Gasteiger partial charge in [0.05, 0.1) is 17.1 Å². The number of aromatic nitrogens is 2. The Balaban J connectivity index is 1.80. The van der Waals surface area contributed by atoms with Crippen LogP contribution in [0.5, 0.6) is 0 Å². The van der Waals surface area contributed by atoms with Crippen molar-refractivity contribution in [2.24, 2.45) is 5.92 Å². The molecular formula is C21H21N5O4. The van der Waals surface area contributed by atoms with Crippen molar-refractivity contribution in [2.75, 3.05) is 17.2 Å². The minimum absolute atomic E-state index is 0.0311. The molecule has 1 aromatic heterocycles. The van der Waals surface area contributed by atoms with Gasteiger partial charge in [0.1, 0.15) is 6.33 Å². The number of rotatable bonds is 8. The summed E-state index contributed by atoms with van der Waals surface area (Å²) >= 11 is 0. The lowest BCUT2D eigenvalue weighted by molar-refractivity contribution is -0.383. The molecule has 0 aliphatic carbocycles. The minimum atomic E-state index is -0.550. The largest absolute Gasteiger partial charge is 0.462 e. The van der Waals surface area contributed by atoms with Crippen LogP contribution < -0.4 is 10.6 Å². The first-order valence-electron chi connectivity index (χ1n) is 9.29. The molecular weight excluding hydrogens is 386 g/mol. The fourth-order valence-electron chi connectivity index (χ4n) is 2.54. The highest BCUT2D eigenvalue weighted by Gasteiger charge is 2.23. The van der Waals surface area contributed by atoms with Crippen molar-refractivity contribution in [3.8, 4) is 0 Å². The van der Waals surface area contributed by atoms with Crippen LogP contribution in [0.25, 0.3) is 0 Å². The van der Waals surface area contributed by atoms with Crippen molar-refractivity contribution < 1.29 is 14.5 Å². The van der Waals surface area contributed by atoms with E-state index < -0.39 is 10.9 Å². The second kappa shape index (κ2) is 9.46. The maximum absolute atomic E-state index is 12.0. The zero-order valence-corrected chi connectivity index (χ0v) is 16.5. The zero-order chi connectivity index (χ0) is 21.5. The Labute approximate surface area is 173 Å². The summed E-state index contributed by atoms with van der Waals surface area (Å²) < 4.78 is 5.19. The molecule has 0 aliphatic heterocycles. The summed E-state index contributed by atoms with van der Waals surface area (Å²) in [5, 5.41) is 17.5. The predicted octanol–water partition coefficient (Wildman–Crippen LogP) is 4.68. The van der Waals surface area contributed by atoms with Crippen LogP contribution in [-0.2, 0) is 4.74 Å². The predicted molar refractivity (Wildman–Crippen MR) is 113 cm³/mol. The second-order valence-electron chi connectivity index (χ2n) is 6.86. The first-order valence-corrected chi connectivity index (χ1v) is 9.29. The van der Waals surface area contributed by atoms with Gasteiger partial charge in [0.25, 0.3) is 0 Å². The molecule has 0 saturated heterocycles. The van der Waals surface area contributed by atoms with Crippen LogP contribution in [0.4, 0.5) is 28.7 Å². The normalized spacial score (nSPS) is 10.5. The Morgan fingerprint density at radius 1 is 1.00 bits per heavy atom. The van der Waals surface area contributed by atoms with E-state index in [9.17, 15) is 14.9 Å². The highest BCUT2D eigenvalue weighted by atomic mass is 16.6. The Morgan fingerprint density at radius 2 is 1.57 bits per heavy atom. The molecule has 3 aromatic rings. The number of para-hydroxylation sites is 1. The topological polar surface area (TPSA) is 119 Å². The molecule has 0 bridgehead atoms. The van der Waals surface area contributed by atoms with Crippen LogP contribution >= 0.6 is 0 Å². The quantitative estimate of drug-likeness (QED) is 0.314. The smallest absolute Gasteiger partial charge is 0.353 e. The number of carbonyl (C=O) groups excluding carboxylic acids is 1. The van der Waals surface area contributed by atoms with E-state index in [0.717, 1.165) is 0 Å². The molecule has 0 saturated carbocycles. The number of benzene rings is 2. The van der Waals surface area contributed by atoms with Crippen LogP contribution in [0.15, 0.2) is 60.9 Å². The molecule has 0 fully saturated rings. The standard InChI is InChI=1S/C21H21N5O4/c1-14(2)12-30-21(27)15-8-10-17(11-9-15)25-20-18(26(28)29)19(22-13-23-20)24-16-6-4-3-5-7-16/h3-11,13-14H,12H2,1-2H3,(H2,22,23,24,25). The van der Waals surface area contributed by atoms with Gasteiger partial charge in [0.2, 0.25) is 11.6 Å². The Kier molecular flexibility index (Phi) is 6.53.